The highest BCUT2D eigenvalue weighted by Crippen LogP contribution is 2.46. The summed E-state index contributed by atoms with van der Waals surface area (Å²) < 4.78 is 51.5. The van der Waals surface area contributed by atoms with E-state index in [0.717, 1.165) is 29.8 Å². The van der Waals surface area contributed by atoms with Crippen molar-refractivity contribution in [2.45, 2.75) is 32.6 Å². The fourth-order valence-electron chi connectivity index (χ4n) is 5.19. The van der Waals surface area contributed by atoms with E-state index in [9.17, 15) is 22.8 Å². The number of carbonyl (C=O) groups excluding carboxylic acids is 2. The molecule has 0 radical (unpaired) electrons. The first kappa shape index (κ1) is 33.1. The van der Waals surface area contributed by atoms with Gasteiger partial charge in [-0.15, -0.1) is 0 Å². The minimum absolute atomic E-state index is 0.0211. The topological polar surface area (TPSA) is 109 Å². The molecule has 4 aromatic rings. The molecule has 10 nitrogen and oxygen atoms in total. The average molecular weight is 667 g/mol. The number of halogens is 4. The number of alkyl halides is 3. The molecular formula is C33H30ClF3N6O4. The quantitative estimate of drug-likeness (QED) is 0.167. The molecule has 47 heavy (non-hydrogen) atoms. The van der Waals surface area contributed by atoms with Gasteiger partial charge in [0.1, 0.15) is 22.3 Å². The molecule has 1 aliphatic heterocycles. The normalized spacial score (nSPS) is 12.8. The lowest BCUT2D eigenvalue weighted by Crippen LogP contribution is -2.48. The van der Waals surface area contributed by atoms with E-state index >= 15 is 0 Å². The summed E-state index contributed by atoms with van der Waals surface area (Å²) in [7, 11) is 2.99. The summed E-state index contributed by atoms with van der Waals surface area (Å²) in [4.78, 5) is 38.5. The number of rotatable bonds is 10. The number of hydrogen-bond donors (Lipinski definition) is 2. The van der Waals surface area contributed by atoms with Crippen LogP contribution in [0.4, 0.5) is 46.8 Å². The van der Waals surface area contributed by atoms with Gasteiger partial charge >= 0.3 is 12.2 Å². The zero-order chi connectivity index (χ0) is 33.9. The minimum atomic E-state index is -4.65. The SMILES string of the molecule is C=CC(=O)Nc1cc(C(F)(F)F)ccc1Nc1ncc2c(n1)N(Cc1ccccc1)C(=O)N(c1c(Cl)c(OC)cc(OC)c1CC)C2. The highest BCUT2D eigenvalue weighted by molar-refractivity contribution is 6.36. The molecule has 1 aromatic heterocycles. The molecule has 2 heterocycles. The number of carbonyl (C=O) groups is 2. The number of hydrogen-bond acceptors (Lipinski definition) is 7. The Bertz CT molecular complexity index is 1840. The molecule has 0 saturated carbocycles. The van der Waals surface area contributed by atoms with Crippen molar-refractivity contribution in [3.05, 3.63) is 101 Å². The first-order valence-corrected chi connectivity index (χ1v) is 14.7. The number of ether oxygens (including phenoxy) is 2. The predicted molar refractivity (Wildman–Crippen MR) is 174 cm³/mol. The standard InChI is InChI=1S/C33H30ClF3N6O4/c1-5-22-25(46-3)15-26(47-4)28(34)29(22)42-18-20-16-38-31(41-30(20)43(32(42)45)17-19-10-8-7-9-11-19)40-23-13-12-21(33(35,36)37)14-24(23)39-27(44)6-2/h6-16H,2,5,17-18H2,1,3-4H3,(H,39,44)(H,38,40,41). The average Bonchev–Trinajstić information content (AvgIpc) is 3.06. The van der Waals surface area contributed by atoms with E-state index in [1.54, 1.807) is 6.07 Å². The maximum absolute atomic E-state index is 14.4. The largest absolute Gasteiger partial charge is 0.496 e. The van der Waals surface area contributed by atoms with Gasteiger partial charge in [-0.1, -0.05) is 55.4 Å². The molecule has 2 N–H and O–H groups in total. The Morgan fingerprint density at radius 1 is 1.09 bits per heavy atom. The van der Waals surface area contributed by atoms with Crippen LogP contribution in [0.25, 0.3) is 0 Å². The fourth-order valence-corrected chi connectivity index (χ4v) is 5.53. The molecule has 3 amide bonds. The highest BCUT2D eigenvalue weighted by atomic mass is 35.5. The van der Waals surface area contributed by atoms with E-state index < -0.39 is 23.7 Å². The number of nitrogens with zero attached hydrogens (tertiary/aromatic N) is 4. The number of amides is 3. The summed E-state index contributed by atoms with van der Waals surface area (Å²) in [6.07, 6.45) is -1.70. The van der Waals surface area contributed by atoms with Crippen molar-refractivity contribution in [1.29, 1.82) is 0 Å². The van der Waals surface area contributed by atoms with E-state index in [4.69, 9.17) is 21.1 Å². The van der Waals surface area contributed by atoms with Crippen LogP contribution in [-0.2, 0) is 30.5 Å². The van der Waals surface area contributed by atoms with Crippen LogP contribution in [0.2, 0.25) is 5.02 Å². The van der Waals surface area contributed by atoms with Crippen LogP contribution in [-0.4, -0.2) is 36.1 Å². The zero-order valence-corrected chi connectivity index (χ0v) is 26.4. The molecule has 0 bridgehead atoms. The molecule has 0 unspecified atom stereocenters. The van der Waals surface area contributed by atoms with Gasteiger partial charge < -0.3 is 20.1 Å². The number of urea groups is 1. The van der Waals surface area contributed by atoms with E-state index in [1.165, 1.54) is 30.2 Å². The van der Waals surface area contributed by atoms with Crippen molar-refractivity contribution in [1.82, 2.24) is 9.97 Å². The lowest BCUT2D eigenvalue weighted by molar-refractivity contribution is -0.137. The molecule has 14 heteroatoms. The van der Waals surface area contributed by atoms with Gasteiger partial charge in [0.15, 0.2) is 0 Å². The van der Waals surface area contributed by atoms with Crippen molar-refractivity contribution in [2.75, 3.05) is 34.7 Å². The Morgan fingerprint density at radius 3 is 2.45 bits per heavy atom. The number of benzene rings is 3. The molecule has 0 fully saturated rings. The summed E-state index contributed by atoms with van der Waals surface area (Å²) in [5, 5.41) is 5.50. The number of fused-ring (bicyclic) bond motifs is 1. The Balaban J connectivity index is 1.60. The van der Waals surface area contributed by atoms with Crippen LogP contribution in [0.5, 0.6) is 11.5 Å². The van der Waals surface area contributed by atoms with Crippen LogP contribution in [0, 0.1) is 0 Å². The molecule has 3 aromatic carbocycles. The number of methoxy groups -OCH3 is 2. The Kier molecular flexibility index (Phi) is 9.56. The summed E-state index contributed by atoms with van der Waals surface area (Å²) in [6.45, 7) is 5.45. The first-order valence-electron chi connectivity index (χ1n) is 14.3. The third kappa shape index (κ3) is 6.80. The number of anilines is 5. The second-order valence-electron chi connectivity index (χ2n) is 10.3. The third-order valence-electron chi connectivity index (χ3n) is 7.44. The van der Waals surface area contributed by atoms with Crippen LogP contribution in [0.3, 0.4) is 0 Å². The summed E-state index contributed by atoms with van der Waals surface area (Å²) in [5.74, 6) is 0.379. The van der Waals surface area contributed by atoms with Gasteiger partial charge in [0.05, 0.1) is 49.9 Å². The summed E-state index contributed by atoms with van der Waals surface area (Å²) in [5.41, 5.74) is 1.46. The lowest BCUT2D eigenvalue weighted by atomic mass is 10.1. The maximum atomic E-state index is 14.4. The van der Waals surface area contributed by atoms with Crippen molar-refractivity contribution in [3.8, 4) is 11.5 Å². The van der Waals surface area contributed by atoms with Crippen LogP contribution < -0.4 is 29.9 Å². The van der Waals surface area contributed by atoms with Crippen molar-refractivity contribution in [2.24, 2.45) is 0 Å². The fraction of sp³-hybridized carbons (Fsp3) is 0.212. The Hall–Kier alpha value is -5.30. The van der Waals surface area contributed by atoms with Gasteiger partial charge in [0, 0.05) is 23.4 Å². The highest BCUT2D eigenvalue weighted by Gasteiger charge is 2.37. The predicted octanol–water partition coefficient (Wildman–Crippen LogP) is 7.74. The Morgan fingerprint density at radius 2 is 1.81 bits per heavy atom. The smallest absolute Gasteiger partial charge is 0.416 e. The zero-order valence-electron chi connectivity index (χ0n) is 25.6. The molecule has 0 atom stereocenters. The van der Waals surface area contributed by atoms with E-state index in [-0.39, 0.29) is 41.3 Å². The van der Waals surface area contributed by atoms with E-state index in [0.29, 0.717) is 34.7 Å². The van der Waals surface area contributed by atoms with Crippen molar-refractivity contribution < 1.29 is 32.2 Å². The van der Waals surface area contributed by atoms with Gasteiger partial charge in [-0.3, -0.25) is 14.6 Å². The maximum Gasteiger partial charge on any atom is 0.416 e. The summed E-state index contributed by atoms with van der Waals surface area (Å²) >= 11 is 6.83. The number of aromatic nitrogens is 2. The van der Waals surface area contributed by atoms with Crippen molar-refractivity contribution in [3.63, 3.8) is 0 Å². The van der Waals surface area contributed by atoms with Gasteiger partial charge in [-0.05, 0) is 36.3 Å². The van der Waals surface area contributed by atoms with Gasteiger partial charge in [0.2, 0.25) is 11.9 Å². The first-order chi connectivity index (χ1) is 22.5. The Labute approximate surface area is 273 Å². The molecule has 244 valence electrons. The molecule has 0 spiro atoms. The van der Waals surface area contributed by atoms with Gasteiger partial charge in [-0.25, -0.2) is 9.78 Å². The molecular weight excluding hydrogens is 637 g/mol. The molecule has 0 saturated heterocycles. The lowest BCUT2D eigenvalue weighted by Gasteiger charge is -2.37. The molecule has 5 rings (SSSR count). The summed E-state index contributed by atoms with van der Waals surface area (Å²) in [6, 6.07) is 13.3. The number of nitrogens with one attached hydrogen (secondary N) is 2. The van der Waals surface area contributed by atoms with E-state index in [2.05, 4.69) is 27.2 Å². The minimum Gasteiger partial charge on any atom is -0.496 e. The van der Waals surface area contributed by atoms with Crippen LogP contribution >= 0.6 is 11.6 Å². The van der Waals surface area contributed by atoms with E-state index in [1.807, 2.05) is 37.3 Å². The monoisotopic (exact) mass is 666 g/mol. The van der Waals surface area contributed by atoms with Gasteiger partial charge in [0.25, 0.3) is 0 Å². The molecule has 0 aliphatic carbocycles. The molecule has 1 aliphatic rings. The third-order valence-corrected chi connectivity index (χ3v) is 7.81. The van der Waals surface area contributed by atoms with Crippen LogP contribution in [0.15, 0.2) is 73.4 Å². The van der Waals surface area contributed by atoms with Crippen molar-refractivity contribution >= 4 is 52.4 Å². The second kappa shape index (κ2) is 13.6. The van der Waals surface area contributed by atoms with Crippen LogP contribution in [0.1, 0.15) is 29.2 Å². The van der Waals surface area contributed by atoms with Gasteiger partial charge in [-0.2, -0.15) is 18.2 Å². The second-order valence-corrected chi connectivity index (χ2v) is 10.7.